The number of nitrogen functional groups attached to an aromatic ring is 1. The molecule has 0 atom stereocenters. The van der Waals surface area contributed by atoms with Crippen molar-refractivity contribution in [1.82, 2.24) is 0 Å². The van der Waals surface area contributed by atoms with Gasteiger partial charge in [0, 0.05) is 10.6 Å². The number of anilines is 1. The van der Waals surface area contributed by atoms with Gasteiger partial charge in [0.15, 0.2) is 0 Å². The number of rotatable bonds is 4. The summed E-state index contributed by atoms with van der Waals surface area (Å²) in [4.78, 5) is 1.27. The Hall–Kier alpha value is -1.61. The van der Waals surface area contributed by atoms with Gasteiger partial charge in [-0.05, 0) is 29.8 Å². The van der Waals surface area contributed by atoms with Crippen LogP contribution >= 0.6 is 11.8 Å². The first-order chi connectivity index (χ1) is 8.29. The van der Waals surface area contributed by atoms with Crippen molar-refractivity contribution in [3.05, 3.63) is 54.1 Å². The molecule has 17 heavy (non-hydrogen) atoms. The summed E-state index contributed by atoms with van der Waals surface area (Å²) in [6, 6.07) is 16.3. The molecule has 88 valence electrons. The van der Waals surface area contributed by atoms with Gasteiger partial charge in [-0.15, -0.1) is 11.8 Å². The van der Waals surface area contributed by atoms with E-state index in [1.165, 1.54) is 10.5 Å². The van der Waals surface area contributed by atoms with Gasteiger partial charge < -0.3 is 10.5 Å². The highest BCUT2D eigenvalue weighted by Crippen LogP contribution is 2.27. The smallest absolute Gasteiger partial charge is 0.141 e. The zero-order valence-electron chi connectivity index (χ0n) is 9.72. The summed E-state index contributed by atoms with van der Waals surface area (Å²) in [5.74, 6) is 1.65. The number of methoxy groups -OCH3 is 1. The van der Waals surface area contributed by atoms with Gasteiger partial charge in [0.2, 0.25) is 0 Å². The fourth-order valence-corrected chi connectivity index (χ4v) is 2.42. The van der Waals surface area contributed by atoms with Crippen LogP contribution in [0.5, 0.6) is 5.75 Å². The highest BCUT2D eigenvalue weighted by Gasteiger charge is 2.01. The summed E-state index contributed by atoms with van der Waals surface area (Å²) in [5.41, 5.74) is 7.77. The minimum atomic E-state index is 0.693. The third kappa shape index (κ3) is 3.17. The molecule has 2 aromatic carbocycles. The average Bonchev–Trinajstić information content (AvgIpc) is 2.38. The molecule has 0 radical (unpaired) electrons. The third-order valence-electron chi connectivity index (χ3n) is 2.44. The largest absolute Gasteiger partial charge is 0.495 e. The Kier molecular flexibility index (Phi) is 3.94. The molecule has 0 aliphatic heterocycles. The topological polar surface area (TPSA) is 35.2 Å². The highest BCUT2D eigenvalue weighted by molar-refractivity contribution is 7.98. The molecule has 2 N–H and O–H groups in total. The Morgan fingerprint density at radius 3 is 2.53 bits per heavy atom. The summed E-state index contributed by atoms with van der Waals surface area (Å²) in [6.45, 7) is 0. The van der Waals surface area contributed by atoms with Crippen LogP contribution in [0.15, 0.2) is 53.4 Å². The van der Waals surface area contributed by atoms with Crippen LogP contribution in [0.1, 0.15) is 5.56 Å². The van der Waals surface area contributed by atoms with Crippen LogP contribution in [-0.2, 0) is 5.75 Å². The third-order valence-corrected chi connectivity index (χ3v) is 3.53. The van der Waals surface area contributed by atoms with Gasteiger partial charge >= 0.3 is 0 Å². The van der Waals surface area contributed by atoms with Crippen molar-refractivity contribution in [1.29, 1.82) is 0 Å². The van der Waals surface area contributed by atoms with E-state index in [2.05, 4.69) is 12.1 Å². The Balaban J connectivity index is 2.02. The second kappa shape index (κ2) is 5.64. The van der Waals surface area contributed by atoms with E-state index in [0.717, 1.165) is 11.5 Å². The lowest BCUT2D eigenvalue weighted by Gasteiger charge is -2.07. The van der Waals surface area contributed by atoms with Crippen molar-refractivity contribution in [3.8, 4) is 5.75 Å². The van der Waals surface area contributed by atoms with Crippen LogP contribution in [-0.4, -0.2) is 7.11 Å². The van der Waals surface area contributed by atoms with Gasteiger partial charge in [-0.2, -0.15) is 0 Å². The summed E-state index contributed by atoms with van der Waals surface area (Å²) in [7, 11) is 1.63. The minimum absolute atomic E-state index is 0.693. The van der Waals surface area contributed by atoms with E-state index in [1.54, 1.807) is 18.9 Å². The average molecular weight is 245 g/mol. The lowest BCUT2D eigenvalue weighted by molar-refractivity contribution is 0.417. The molecule has 0 saturated heterocycles. The molecule has 3 heteroatoms. The SMILES string of the molecule is COc1ccc(CSc2ccccc2)cc1N. The molecule has 0 bridgehead atoms. The fourth-order valence-electron chi connectivity index (χ4n) is 1.56. The molecule has 0 saturated carbocycles. The van der Waals surface area contributed by atoms with E-state index in [9.17, 15) is 0 Å². The van der Waals surface area contributed by atoms with E-state index in [1.807, 2.05) is 36.4 Å². The second-order valence-electron chi connectivity index (χ2n) is 3.68. The quantitative estimate of drug-likeness (QED) is 0.660. The summed E-state index contributed by atoms with van der Waals surface area (Å²) in [6.07, 6.45) is 0. The first-order valence-corrected chi connectivity index (χ1v) is 6.38. The summed E-state index contributed by atoms with van der Waals surface area (Å²) >= 11 is 1.80. The zero-order chi connectivity index (χ0) is 12.1. The number of benzene rings is 2. The first-order valence-electron chi connectivity index (χ1n) is 5.40. The summed E-state index contributed by atoms with van der Waals surface area (Å²) in [5, 5.41) is 0. The van der Waals surface area contributed by atoms with Gasteiger partial charge in [0.25, 0.3) is 0 Å². The van der Waals surface area contributed by atoms with E-state index < -0.39 is 0 Å². The number of hydrogen-bond acceptors (Lipinski definition) is 3. The van der Waals surface area contributed by atoms with E-state index in [0.29, 0.717) is 5.69 Å². The maximum Gasteiger partial charge on any atom is 0.141 e. The van der Waals surface area contributed by atoms with Crippen molar-refractivity contribution < 1.29 is 4.74 Å². The fraction of sp³-hybridized carbons (Fsp3) is 0.143. The van der Waals surface area contributed by atoms with Crippen LogP contribution in [0, 0.1) is 0 Å². The molecule has 0 heterocycles. The number of hydrogen-bond donors (Lipinski definition) is 1. The van der Waals surface area contributed by atoms with Crippen molar-refractivity contribution in [3.63, 3.8) is 0 Å². The maximum absolute atomic E-state index is 5.87. The first kappa shape index (κ1) is 11.9. The maximum atomic E-state index is 5.87. The number of nitrogens with two attached hydrogens (primary N) is 1. The van der Waals surface area contributed by atoms with Gasteiger partial charge in [-0.1, -0.05) is 24.3 Å². The molecule has 0 aliphatic carbocycles. The normalized spacial score (nSPS) is 10.2. The van der Waals surface area contributed by atoms with Gasteiger partial charge in [0.1, 0.15) is 5.75 Å². The van der Waals surface area contributed by atoms with Gasteiger partial charge in [-0.25, -0.2) is 0 Å². The van der Waals surface area contributed by atoms with E-state index in [-0.39, 0.29) is 0 Å². The molecular formula is C14H15NOS. The molecule has 2 nitrogen and oxygen atoms in total. The number of ether oxygens (including phenoxy) is 1. The lowest BCUT2D eigenvalue weighted by atomic mass is 10.2. The highest BCUT2D eigenvalue weighted by atomic mass is 32.2. The van der Waals surface area contributed by atoms with Crippen molar-refractivity contribution in [2.45, 2.75) is 10.6 Å². The van der Waals surface area contributed by atoms with Crippen LogP contribution in [0.2, 0.25) is 0 Å². The Morgan fingerprint density at radius 1 is 1.12 bits per heavy atom. The summed E-state index contributed by atoms with van der Waals surface area (Å²) < 4.78 is 5.13. The second-order valence-corrected chi connectivity index (χ2v) is 4.73. The molecular weight excluding hydrogens is 230 g/mol. The van der Waals surface area contributed by atoms with E-state index in [4.69, 9.17) is 10.5 Å². The van der Waals surface area contributed by atoms with E-state index >= 15 is 0 Å². The molecule has 0 amide bonds. The molecule has 2 rings (SSSR count). The van der Waals surface area contributed by atoms with Gasteiger partial charge in [0.05, 0.1) is 12.8 Å². The Labute approximate surface area is 106 Å². The van der Waals surface area contributed by atoms with Crippen molar-refractivity contribution >= 4 is 17.4 Å². The Morgan fingerprint density at radius 2 is 1.88 bits per heavy atom. The van der Waals surface area contributed by atoms with Crippen LogP contribution < -0.4 is 10.5 Å². The van der Waals surface area contributed by atoms with Crippen LogP contribution in [0.25, 0.3) is 0 Å². The number of thioether (sulfide) groups is 1. The standard InChI is InChI=1S/C14H15NOS/c1-16-14-8-7-11(9-13(14)15)10-17-12-5-3-2-4-6-12/h2-9H,10,15H2,1H3. The molecule has 0 unspecified atom stereocenters. The minimum Gasteiger partial charge on any atom is -0.495 e. The lowest BCUT2D eigenvalue weighted by Crippen LogP contribution is -1.93. The van der Waals surface area contributed by atoms with Gasteiger partial charge in [-0.3, -0.25) is 0 Å². The molecule has 0 spiro atoms. The molecule has 0 aliphatic rings. The molecule has 0 fully saturated rings. The predicted octanol–water partition coefficient (Wildman–Crippen LogP) is 3.57. The predicted molar refractivity (Wildman–Crippen MR) is 73.4 cm³/mol. The molecule has 2 aromatic rings. The van der Waals surface area contributed by atoms with Crippen molar-refractivity contribution in [2.75, 3.05) is 12.8 Å². The molecule has 0 aromatic heterocycles. The zero-order valence-corrected chi connectivity index (χ0v) is 10.5. The Bertz CT molecular complexity index is 485. The monoisotopic (exact) mass is 245 g/mol. The van der Waals surface area contributed by atoms with Crippen LogP contribution in [0.4, 0.5) is 5.69 Å². The van der Waals surface area contributed by atoms with Crippen molar-refractivity contribution in [2.24, 2.45) is 0 Å². The van der Waals surface area contributed by atoms with Crippen LogP contribution in [0.3, 0.4) is 0 Å².